The van der Waals surface area contributed by atoms with Crippen LogP contribution in [0.15, 0.2) is 24.3 Å². The number of benzene rings is 1. The lowest BCUT2D eigenvalue weighted by Crippen LogP contribution is -2.21. The minimum absolute atomic E-state index is 0.179. The molecule has 0 aliphatic carbocycles. The zero-order valence-electron chi connectivity index (χ0n) is 8.87. The van der Waals surface area contributed by atoms with Crippen LogP contribution in [0, 0.1) is 0 Å². The van der Waals surface area contributed by atoms with Crippen molar-refractivity contribution in [2.24, 2.45) is 5.73 Å². The topological polar surface area (TPSA) is 43.1 Å². The summed E-state index contributed by atoms with van der Waals surface area (Å²) >= 11 is 5.78. The molecule has 2 N–H and O–H groups in total. The summed E-state index contributed by atoms with van der Waals surface area (Å²) in [6, 6.07) is 7.32. The lowest BCUT2D eigenvalue weighted by molar-refractivity contribution is -0.119. The molecule has 1 aromatic rings. The Hall–Kier alpha value is -1.02. The Morgan fingerprint density at radius 3 is 2.47 bits per heavy atom. The van der Waals surface area contributed by atoms with Gasteiger partial charge < -0.3 is 5.73 Å². The number of rotatable bonds is 5. The quantitative estimate of drug-likeness (QED) is 0.822. The molecule has 15 heavy (non-hydrogen) atoms. The maximum absolute atomic E-state index is 11.3. The molecule has 3 heteroatoms. The van der Waals surface area contributed by atoms with Crippen molar-refractivity contribution in [3.8, 4) is 0 Å². The Kier molecular flexibility index (Phi) is 4.63. The van der Waals surface area contributed by atoms with Crippen molar-refractivity contribution < 1.29 is 4.79 Å². The summed E-state index contributed by atoms with van der Waals surface area (Å²) in [5, 5.41) is 0.678. The predicted octanol–water partition coefficient (Wildman–Crippen LogP) is 3.10. The smallest absolute Gasteiger partial charge is 0.224 e. The van der Waals surface area contributed by atoms with Crippen molar-refractivity contribution in [2.75, 3.05) is 0 Å². The van der Waals surface area contributed by atoms with Crippen molar-refractivity contribution in [1.29, 1.82) is 0 Å². The van der Waals surface area contributed by atoms with Gasteiger partial charge in [-0.25, -0.2) is 0 Å². The van der Waals surface area contributed by atoms with E-state index in [1.807, 2.05) is 12.1 Å². The molecule has 0 aliphatic rings. The van der Waals surface area contributed by atoms with E-state index in [0.29, 0.717) is 5.02 Å². The number of nitrogens with two attached hydrogens (primary N) is 1. The van der Waals surface area contributed by atoms with E-state index in [-0.39, 0.29) is 11.8 Å². The Balaban J connectivity index is 2.79. The van der Waals surface area contributed by atoms with Gasteiger partial charge in [0.05, 0.1) is 5.92 Å². The van der Waals surface area contributed by atoms with Crippen LogP contribution in [0.1, 0.15) is 37.7 Å². The first-order valence-corrected chi connectivity index (χ1v) is 5.57. The number of hydrogen-bond donors (Lipinski definition) is 1. The van der Waals surface area contributed by atoms with E-state index in [0.717, 1.165) is 24.8 Å². The third-order valence-electron chi connectivity index (χ3n) is 2.46. The average molecular weight is 226 g/mol. The molecule has 0 aliphatic heterocycles. The van der Waals surface area contributed by atoms with Crippen LogP contribution in [0.2, 0.25) is 5.02 Å². The third-order valence-corrected chi connectivity index (χ3v) is 2.71. The number of carbonyl (C=O) groups is 1. The second-order valence-corrected chi connectivity index (χ2v) is 4.09. The molecular formula is C12H16ClNO. The fourth-order valence-electron chi connectivity index (χ4n) is 1.58. The first-order valence-electron chi connectivity index (χ1n) is 5.20. The fourth-order valence-corrected chi connectivity index (χ4v) is 1.70. The number of primary amides is 1. The largest absolute Gasteiger partial charge is 0.369 e. The molecule has 1 atom stereocenters. The fraction of sp³-hybridized carbons (Fsp3) is 0.417. The van der Waals surface area contributed by atoms with Gasteiger partial charge in [-0.3, -0.25) is 4.79 Å². The van der Waals surface area contributed by atoms with E-state index < -0.39 is 0 Å². The highest BCUT2D eigenvalue weighted by Crippen LogP contribution is 2.23. The van der Waals surface area contributed by atoms with Crippen molar-refractivity contribution in [3.05, 3.63) is 34.9 Å². The molecule has 0 saturated carbocycles. The second-order valence-electron chi connectivity index (χ2n) is 3.65. The maximum atomic E-state index is 11.3. The Bertz CT molecular complexity index is 321. The van der Waals surface area contributed by atoms with Crippen LogP contribution >= 0.6 is 11.6 Å². The average Bonchev–Trinajstić information content (AvgIpc) is 2.21. The zero-order valence-corrected chi connectivity index (χ0v) is 9.63. The van der Waals surface area contributed by atoms with E-state index in [2.05, 4.69) is 6.92 Å². The number of carbonyl (C=O) groups excluding carboxylic acids is 1. The first kappa shape index (κ1) is 12.1. The summed E-state index contributed by atoms with van der Waals surface area (Å²) in [6.45, 7) is 2.10. The summed E-state index contributed by atoms with van der Waals surface area (Å²) in [6.07, 6.45) is 2.89. The summed E-state index contributed by atoms with van der Waals surface area (Å²) in [5.41, 5.74) is 6.33. The van der Waals surface area contributed by atoms with Gasteiger partial charge in [-0.2, -0.15) is 0 Å². The molecule has 0 radical (unpaired) electrons. The Morgan fingerprint density at radius 1 is 1.40 bits per heavy atom. The lowest BCUT2D eigenvalue weighted by Gasteiger charge is -2.13. The van der Waals surface area contributed by atoms with Crippen molar-refractivity contribution in [3.63, 3.8) is 0 Å². The summed E-state index contributed by atoms with van der Waals surface area (Å²) in [5.74, 6) is -0.437. The lowest BCUT2D eigenvalue weighted by atomic mass is 9.93. The molecule has 0 spiro atoms. The van der Waals surface area contributed by atoms with Crippen LogP contribution in [0.25, 0.3) is 0 Å². The van der Waals surface area contributed by atoms with Crippen LogP contribution in [0.3, 0.4) is 0 Å². The molecule has 82 valence electrons. The minimum Gasteiger partial charge on any atom is -0.369 e. The third kappa shape index (κ3) is 3.56. The molecule has 1 rings (SSSR count). The monoisotopic (exact) mass is 225 g/mol. The Labute approximate surface area is 95.4 Å². The van der Waals surface area contributed by atoms with E-state index in [1.54, 1.807) is 12.1 Å². The molecule has 0 aromatic heterocycles. The molecule has 0 bridgehead atoms. The Morgan fingerprint density at radius 2 is 2.00 bits per heavy atom. The van der Waals surface area contributed by atoms with Crippen LogP contribution in [0.5, 0.6) is 0 Å². The van der Waals surface area contributed by atoms with Crippen LogP contribution < -0.4 is 5.73 Å². The van der Waals surface area contributed by atoms with Gasteiger partial charge in [0.15, 0.2) is 0 Å². The van der Waals surface area contributed by atoms with E-state index in [1.165, 1.54) is 0 Å². The standard InChI is InChI=1S/C12H16ClNO/c1-2-3-4-11(12(14)15)9-5-7-10(13)8-6-9/h5-8,11H,2-4H2,1H3,(H2,14,15). The number of hydrogen-bond acceptors (Lipinski definition) is 1. The maximum Gasteiger partial charge on any atom is 0.224 e. The molecular weight excluding hydrogens is 210 g/mol. The van der Waals surface area contributed by atoms with Gasteiger partial charge in [-0.05, 0) is 24.1 Å². The highest BCUT2D eigenvalue weighted by Gasteiger charge is 2.16. The molecule has 1 unspecified atom stereocenters. The number of unbranched alkanes of at least 4 members (excludes halogenated alkanes) is 1. The van der Waals surface area contributed by atoms with E-state index in [4.69, 9.17) is 17.3 Å². The van der Waals surface area contributed by atoms with Crippen LogP contribution in [0.4, 0.5) is 0 Å². The van der Waals surface area contributed by atoms with Gasteiger partial charge in [0.1, 0.15) is 0 Å². The van der Waals surface area contributed by atoms with E-state index >= 15 is 0 Å². The van der Waals surface area contributed by atoms with Gasteiger partial charge >= 0.3 is 0 Å². The SMILES string of the molecule is CCCCC(C(N)=O)c1ccc(Cl)cc1. The first-order chi connectivity index (χ1) is 7.15. The molecule has 0 saturated heterocycles. The highest BCUT2D eigenvalue weighted by molar-refractivity contribution is 6.30. The van der Waals surface area contributed by atoms with Gasteiger partial charge in [0.25, 0.3) is 0 Å². The van der Waals surface area contributed by atoms with Gasteiger partial charge in [0, 0.05) is 5.02 Å². The predicted molar refractivity (Wildman–Crippen MR) is 62.9 cm³/mol. The summed E-state index contributed by atoms with van der Waals surface area (Å²) in [4.78, 5) is 11.3. The summed E-state index contributed by atoms with van der Waals surface area (Å²) in [7, 11) is 0. The van der Waals surface area contributed by atoms with E-state index in [9.17, 15) is 4.79 Å². The minimum atomic E-state index is -0.259. The van der Waals surface area contributed by atoms with Crippen LogP contribution in [-0.4, -0.2) is 5.91 Å². The zero-order chi connectivity index (χ0) is 11.3. The molecule has 1 aromatic carbocycles. The highest BCUT2D eigenvalue weighted by atomic mass is 35.5. The number of amides is 1. The molecule has 1 amide bonds. The summed E-state index contributed by atoms with van der Waals surface area (Å²) < 4.78 is 0. The van der Waals surface area contributed by atoms with Crippen LogP contribution in [-0.2, 0) is 4.79 Å². The molecule has 2 nitrogen and oxygen atoms in total. The van der Waals surface area contributed by atoms with Crippen molar-refractivity contribution in [1.82, 2.24) is 0 Å². The van der Waals surface area contributed by atoms with Gasteiger partial charge in [-0.15, -0.1) is 0 Å². The second kappa shape index (κ2) is 5.76. The normalized spacial score (nSPS) is 12.4. The van der Waals surface area contributed by atoms with Gasteiger partial charge in [-0.1, -0.05) is 43.5 Å². The van der Waals surface area contributed by atoms with Gasteiger partial charge in [0.2, 0.25) is 5.91 Å². The number of halogens is 1. The molecule has 0 heterocycles. The van der Waals surface area contributed by atoms with Crippen molar-refractivity contribution >= 4 is 17.5 Å². The van der Waals surface area contributed by atoms with Crippen molar-refractivity contribution in [2.45, 2.75) is 32.1 Å². The molecule has 0 fully saturated rings.